The van der Waals surface area contributed by atoms with Crippen LogP contribution in [0.4, 0.5) is 46.8 Å². The average molecular weight is 465 g/mol. The predicted molar refractivity (Wildman–Crippen MR) is 120 cm³/mol. The Morgan fingerprint density at radius 2 is 1.66 bits per heavy atom. The summed E-state index contributed by atoms with van der Waals surface area (Å²) < 4.78 is 38.9. The monoisotopic (exact) mass is 464 g/mol. The number of halogens is 4. The Morgan fingerprint density at radius 1 is 1.00 bits per heavy atom. The Bertz CT molecular complexity index is 1080. The van der Waals surface area contributed by atoms with E-state index in [1.165, 1.54) is 6.07 Å². The van der Waals surface area contributed by atoms with Gasteiger partial charge in [-0.2, -0.15) is 18.2 Å². The number of carbonyl (C=O) groups is 1. The second-order valence-corrected chi connectivity index (χ2v) is 7.07. The largest absolute Gasteiger partial charge is 0.417 e. The maximum Gasteiger partial charge on any atom is 0.417 e. The van der Waals surface area contributed by atoms with E-state index in [1.807, 2.05) is 0 Å². The van der Waals surface area contributed by atoms with Gasteiger partial charge in [-0.3, -0.25) is 0 Å². The minimum atomic E-state index is -4.62. The highest BCUT2D eigenvalue weighted by atomic mass is 35.5. The van der Waals surface area contributed by atoms with Gasteiger partial charge in [0.05, 0.1) is 10.6 Å². The summed E-state index contributed by atoms with van der Waals surface area (Å²) in [6.45, 7) is 2.85. The first-order valence-electron chi connectivity index (χ1n) is 9.63. The number of aromatic nitrogens is 2. The van der Waals surface area contributed by atoms with Gasteiger partial charge < -0.3 is 21.3 Å². The fourth-order valence-electron chi connectivity index (χ4n) is 2.65. The van der Waals surface area contributed by atoms with Crippen LogP contribution in [-0.2, 0) is 6.18 Å². The van der Waals surface area contributed by atoms with Crippen LogP contribution >= 0.6 is 11.6 Å². The fourth-order valence-corrected chi connectivity index (χ4v) is 2.87. The number of nitrogens with zero attached hydrogens (tertiary/aromatic N) is 2. The highest BCUT2D eigenvalue weighted by Gasteiger charge is 2.33. The van der Waals surface area contributed by atoms with Gasteiger partial charge in [0.25, 0.3) is 0 Å². The smallest absolute Gasteiger partial charge is 0.370 e. The topological polar surface area (TPSA) is 91.0 Å². The molecule has 0 saturated carbocycles. The van der Waals surface area contributed by atoms with Crippen molar-refractivity contribution in [3.8, 4) is 0 Å². The van der Waals surface area contributed by atoms with Crippen molar-refractivity contribution in [3.05, 3.63) is 65.3 Å². The van der Waals surface area contributed by atoms with Gasteiger partial charge in [0.2, 0.25) is 5.95 Å². The molecule has 1 aromatic heterocycles. The van der Waals surface area contributed by atoms with Gasteiger partial charge in [-0.05, 0) is 55.0 Å². The summed E-state index contributed by atoms with van der Waals surface area (Å²) in [5, 5.41) is 10.7. The molecule has 0 fully saturated rings. The normalized spacial score (nSPS) is 11.0. The lowest BCUT2D eigenvalue weighted by atomic mass is 10.2. The Morgan fingerprint density at radius 3 is 2.34 bits per heavy atom. The molecule has 1 heterocycles. The second kappa shape index (κ2) is 10.2. The van der Waals surface area contributed by atoms with Gasteiger partial charge in [0.15, 0.2) is 0 Å². The van der Waals surface area contributed by atoms with Crippen molar-refractivity contribution in [3.63, 3.8) is 0 Å². The molecule has 3 aromatic rings. The standard InChI is InChI=1S/C21H20ClF3N6O/c1-2-10-26-18-9-11-27-19(31-18)28-13-3-5-14(6-4-13)29-20(32)30-15-7-8-17(22)16(12-15)21(23,24)25/h3-9,11-12H,2,10H2,1H3,(H2,29,30,32)(H2,26,27,28,31). The number of rotatable bonds is 7. The summed E-state index contributed by atoms with van der Waals surface area (Å²) in [5.74, 6) is 1.11. The number of carbonyl (C=O) groups excluding carboxylic acids is 1. The van der Waals surface area contributed by atoms with Crippen LogP contribution in [0.25, 0.3) is 0 Å². The molecule has 11 heteroatoms. The van der Waals surface area contributed by atoms with Crippen LogP contribution in [0.1, 0.15) is 18.9 Å². The first kappa shape index (κ1) is 23.1. The molecule has 0 unspecified atom stereocenters. The van der Waals surface area contributed by atoms with Crippen LogP contribution in [0.2, 0.25) is 5.02 Å². The Kier molecular flexibility index (Phi) is 7.37. The first-order valence-corrected chi connectivity index (χ1v) is 10.0. The number of benzene rings is 2. The fraction of sp³-hybridized carbons (Fsp3) is 0.190. The van der Waals surface area contributed by atoms with Crippen LogP contribution in [0.5, 0.6) is 0 Å². The molecule has 0 spiro atoms. The highest BCUT2D eigenvalue weighted by molar-refractivity contribution is 6.31. The van der Waals surface area contributed by atoms with Gasteiger partial charge >= 0.3 is 12.2 Å². The molecule has 0 saturated heterocycles. The van der Waals surface area contributed by atoms with E-state index in [9.17, 15) is 18.0 Å². The van der Waals surface area contributed by atoms with Crippen molar-refractivity contribution < 1.29 is 18.0 Å². The lowest BCUT2D eigenvalue weighted by molar-refractivity contribution is -0.137. The van der Waals surface area contributed by atoms with Crippen molar-refractivity contribution in [2.24, 2.45) is 0 Å². The summed E-state index contributed by atoms with van der Waals surface area (Å²) in [6.07, 6.45) is -2.02. The van der Waals surface area contributed by atoms with E-state index in [2.05, 4.69) is 38.2 Å². The summed E-state index contributed by atoms with van der Waals surface area (Å²) in [7, 11) is 0. The van der Waals surface area contributed by atoms with Crippen LogP contribution in [0, 0.1) is 0 Å². The number of hydrogen-bond acceptors (Lipinski definition) is 5. The van der Waals surface area contributed by atoms with Crippen LogP contribution in [0.3, 0.4) is 0 Å². The molecule has 7 nitrogen and oxygen atoms in total. The maximum atomic E-state index is 13.0. The summed E-state index contributed by atoms with van der Waals surface area (Å²) >= 11 is 5.58. The first-order chi connectivity index (χ1) is 15.2. The minimum absolute atomic E-state index is 0.0359. The van der Waals surface area contributed by atoms with Gasteiger partial charge in [0.1, 0.15) is 5.82 Å². The van der Waals surface area contributed by atoms with E-state index in [-0.39, 0.29) is 5.69 Å². The number of alkyl halides is 3. The van der Waals surface area contributed by atoms with Crippen molar-refractivity contribution in [2.45, 2.75) is 19.5 Å². The molecule has 168 valence electrons. The van der Waals surface area contributed by atoms with Gasteiger partial charge in [-0.15, -0.1) is 0 Å². The lowest BCUT2D eigenvalue weighted by Crippen LogP contribution is -2.19. The van der Waals surface area contributed by atoms with Gasteiger partial charge in [0, 0.05) is 29.8 Å². The molecule has 0 aliphatic heterocycles. The van der Waals surface area contributed by atoms with Crippen molar-refractivity contribution >= 4 is 46.5 Å². The molecule has 0 radical (unpaired) electrons. The van der Waals surface area contributed by atoms with E-state index >= 15 is 0 Å². The zero-order chi connectivity index (χ0) is 23.1. The Balaban J connectivity index is 1.59. The summed E-state index contributed by atoms with van der Waals surface area (Å²) in [4.78, 5) is 20.7. The highest BCUT2D eigenvalue weighted by Crippen LogP contribution is 2.36. The molecule has 4 N–H and O–H groups in total. The molecule has 32 heavy (non-hydrogen) atoms. The summed E-state index contributed by atoms with van der Waals surface area (Å²) in [6, 6.07) is 10.9. The third-order valence-electron chi connectivity index (χ3n) is 4.14. The molecule has 2 aromatic carbocycles. The minimum Gasteiger partial charge on any atom is -0.370 e. The van der Waals surface area contributed by atoms with Crippen LogP contribution in [-0.4, -0.2) is 22.5 Å². The average Bonchev–Trinajstić information content (AvgIpc) is 2.74. The Hall–Kier alpha value is -3.53. The lowest BCUT2D eigenvalue weighted by Gasteiger charge is -2.12. The van der Waals surface area contributed by atoms with Crippen molar-refractivity contribution in [1.29, 1.82) is 0 Å². The zero-order valence-electron chi connectivity index (χ0n) is 16.9. The number of amides is 2. The summed E-state index contributed by atoms with van der Waals surface area (Å²) in [5.41, 5.74) is 0.0725. The molecule has 3 rings (SSSR count). The SMILES string of the molecule is CCCNc1ccnc(Nc2ccc(NC(=O)Nc3ccc(Cl)c(C(F)(F)F)c3)cc2)n1. The van der Waals surface area contributed by atoms with E-state index in [4.69, 9.17) is 11.6 Å². The number of nitrogens with one attached hydrogen (secondary N) is 4. The number of urea groups is 1. The quantitative estimate of drug-likeness (QED) is 0.326. The van der Waals surface area contributed by atoms with Crippen molar-refractivity contribution in [2.75, 3.05) is 27.8 Å². The number of hydrogen-bond donors (Lipinski definition) is 4. The molecule has 0 bridgehead atoms. The third kappa shape index (κ3) is 6.48. The molecule has 0 aliphatic rings. The van der Waals surface area contributed by atoms with Gasteiger partial charge in [-0.25, -0.2) is 9.78 Å². The van der Waals surface area contributed by atoms with E-state index < -0.39 is 22.8 Å². The zero-order valence-corrected chi connectivity index (χ0v) is 17.7. The molecule has 0 aliphatic carbocycles. The molecular formula is C21H20ClF3N6O. The predicted octanol–water partition coefficient (Wildman–Crippen LogP) is 6.36. The molecular weight excluding hydrogens is 445 g/mol. The van der Waals surface area contributed by atoms with E-state index in [0.717, 1.165) is 25.1 Å². The number of anilines is 5. The maximum absolute atomic E-state index is 13.0. The van der Waals surface area contributed by atoms with E-state index in [1.54, 1.807) is 36.5 Å². The van der Waals surface area contributed by atoms with Crippen LogP contribution < -0.4 is 21.3 Å². The third-order valence-corrected chi connectivity index (χ3v) is 4.47. The molecule has 2 amide bonds. The molecule has 0 atom stereocenters. The van der Waals surface area contributed by atoms with Gasteiger partial charge in [-0.1, -0.05) is 18.5 Å². The Labute approximate surface area is 187 Å². The van der Waals surface area contributed by atoms with Crippen molar-refractivity contribution in [1.82, 2.24) is 9.97 Å². The van der Waals surface area contributed by atoms with Crippen LogP contribution in [0.15, 0.2) is 54.7 Å². The van der Waals surface area contributed by atoms with E-state index in [0.29, 0.717) is 23.1 Å². The second-order valence-electron chi connectivity index (χ2n) is 6.67.